The molecule has 0 fully saturated rings. The fourth-order valence-corrected chi connectivity index (χ4v) is 3.98. The van der Waals surface area contributed by atoms with Crippen molar-refractivity contribution in [1.82, 2.24) is 4.72 Å². The summed E-state index contributed by atoms with van der Waals surface area (Å²) in [5, 5.41) is 0. The van der Waals surface area contributed by atoms with Gasteiger partial charge in [0.05, 0.1) is 4.90 Å². The van der Waals surface area contributed by atoms with E-state index in [2.05, 4.69) is 20.7 Å². The van der Waals surface area contributed by atoms with Crippen LogP contribution in [0.25, 0.3) is 0 Å². The zero-order valence-corrected chi connectivity index (χ0v) is 13.7. The van der Waals surface area contributed by atoms with E-state index in [1.807, 2.05) is 43.3 Å². The predicted octanol–water partition coefficient (Wildman–Crippen LogP) is 3.80. The quantitative estimate of drug-likeness (QED) is 0.908. The maximum atomic E-state index is 12.5. The van der Waals surface area contributed by atoms with Crippen molar-refractivity contribution in [2.45, 2.75) is 24.8 Å². The van der Waals surface area contributed by atoms with Crippen molar-refractivity contribution in [3.63, 3.8) is 0 Å². The van der Waals surface area contributed by atoms with Crippen LogP contribution in [0.5, 0.6) is 0 Å². The molecule has 0 aliphatic heterocycles. The van der Waals surface area contributed by atoms with Gasteiger partial charge in [-0.3, -0.25) is 0 Å². The van der Waals surface area contributed by atoms with Gasteiger partial charge in [0, 0.05) is 10.5 Å². The van der Waals surface area contributed by atoms with E-state index in [4.69, 9.17) is 0 Å². The van der Waals surface area contributed by atoms with Crippen molar-refractivity contribution >= 4 is 26.0 Å². The minimum atomic E-state index is -3.54. The Morgan fingerprint density at radius 2 is 1.75 bits per heavy atom. The molecule has 0 saturated carbocycles. The molecule has 2 aromatic rings. The molecule has 0 unspecified atom stereocenters. The van der Waals surface area contributed by atoms with Crippen molar-refractivity contribution in [3.05, 3.63) is 64.1 Å². The van der Waals surface area contributed by atoms with Crippen LogP contribution in [0.4, 0.5) is 0 Å². The van der Waals surface area contributed by atoms with Crippen LogP contribution in [0.2, 0.25) is 0 Å². The zero-order chi connectivity index (χ0) is 14.8. The van der Waals surface area contributed by atoms with E-state index in [1.165, 1.54) is 0 Å². The lowest BCUT2D eigenvalue weighted by atomic mass is 10.1. The van der Waals surface area contributed by atoms with Crippen LogP contribution in [-0.4, -0.2) is 8.42 Å². The molecule has 0 heterocycles. The molecule has 5 heteroatoms. The van der Waals surface area contributed by atoms with Crippen LogP contribution >= 0.6 is 15.9 Å². The number of hydrogen-bond donors (Lipinski definition) is 1. The summed E-state index contributed by atoms with van der Waals surface area (Å²) >= 11 is 3.31. The van der Waals surface area contributed by atoms with E-state index in [0.717, 1.165) is 15.6 Å². The largest absolute Gasteiger partial charge is 0.241 e. The maximum Gasteiger partial charge on any atom is 0.241 e. The molecule has 2 rings (SSSR count). The highest BCUT2D eigenvalue weighted by atomic mass is 79.9. The van der Waals surface area contributed by atoms with Crippen LogP contribution in [0, 0.1) is 6.92 Å². The molecule has 0 amide bonds. The molecule has 0 saturated heterocycles. The van der Waals surface area contributed by atoms with Crippen LogP contribution in [0.3, 0.4) is 0 Å². The summed E-state index contributed by atoms with van der Waals surface area (Å²) in [6.45, 7) is 3.62. The summed E-state index contributed by atoms with van der Waals surface area (Å²) in [5.41, 5.74) is 1.66. The van der Waals surface area contributed by atoms with Crippen LogP contribution in [0.1, 0.15) is 24.1 Å². The monoisotopic (exact) mass is 353 g/mol. The third-order valence-corrected chi connectivity index (χ3v) is 5.25. The summed E-state index contributed by atoms with van der Waals surface area (Å²) in [6, 6.07) is 14.5. The van der Waals surface area contributed by atoms with Gasteiger partial charge in [0.25, 0.3) is 0 Å². The maximum absolute atomic E-state index is 12.5. The molecule has 106 valence electrons. The molecule has 0 aliphatic rings. The third-order valence-electron chi connectivity index (χ3n) is 3.07. The van der Waals surface area contributed by atoms with E-state index < -0.39 is 10.0 Å². The molecule has 0 aromatic heterocycles. The highest BCUT2D eigenvalue weighted by Gasteiger charge is 2.20. The van der Waals surface area contributed by atoms with Gasteiger partial charge < -0.3 is 0 Å². The Balaban J connectivity index is 2.30. The number of benzene rings is 2. The molecule has 1 atom stereocenters. The van der Waals surface area contributed by atoms with Gasteiger partial charge in [-0.25, -0.2) is 13.1 Å². The number of rotatable bonds is 4. The van der Waals surface area contributed by atoms with Crippen molar-refractivity contribution in [2.75, 3.05) is 0 Å². The van der Waals surface area contributed by atoms with Gasteiger partial charge in [0.2, 0.25) is 10.0 Å². The Labute approximate surface area is 128 Å². The van der Waals surface area contributed by atoms with E-state index >= 15 is 0 Å². The molecule has 2 aromatic carbocycles. The van der Waals surface area contributed by atoms with Gasteiger partial charge >= 0.3 is 0 Å². The molecule has 20 heavy (non-hydrogen) atoms. The van der Waals surface area contributed by atoms with Gasteiger partial charge in [-0.2, -0.15) is 0 Å². The number of hydrogen-bond acceptors (Lipinski definition) is 2. The molecule has 0 spiro atoms. The fraction of sp³-hybridized carbons (Fsp3) is 0.200. The highest BCUT2D eigenvalue weighted by molar-refractivity contribution is 9.10. The standard InChI is InChI=1S/C15H16BrNO2S/c1-11-8-9-14(16)10-15(11)20(18,19)17-12(2)13-6-4-3-5-7-13/h3-10,12,17H,1-2H3/t12-/m0/s1. The summed E-state index contributed by atoms with van der Waals surface area (Å²) in [6.07, 6.45) is 0. The molecule has 0 radical (unpaired) electrons. The average molecular weight is 354 g/mol. The highest BCUT2D eigenvalue weighted by Crippen LogP contribution is 2.22. The predicted molar refractivity (Wildman–Crippen MR) is 84.1 cm³/mol. The van der Waals surface area contributed by atoms with Crippen LogP contribution in [0.15, 0.2) is 57.9 Å². The normalized spacial score (nSPS) is 13.2. The Bertz CT molecular complexity index is 699. The lowest BCUT2D eigenvalue weighted by Gasteiger charge is -2.16. The van der Waals surface area contributed by atoms with Gasteiger partial charge in [0.1, 0.15) is 0 Å². The fourth-order valence-electron chi connectivity index (χ4n) is 1.97. The Hall–Kier alpha value is -1.17. The topological polar surface area (TPSA) is 46.2 Å². The lowest BCUT2D eigenvalue weighted by Crippen LogP contribution is -2.27. The second-order valence-corrected chi connectivity index (χ2v) is 7.26. The summed E-state index contributed by atoms with van der Waals surface area (Å²) < 4.78 is 28.4. The number of sulfonamides is 1. The third kappa shape index (κ3) is 3.48. The Morgan fingerprint density at radius 3 is 2.40 bits per heavy atom. The first kappa shape index (κ1) is 15.2. The number of halogens is 1. The van der Waals surface area contributed by atoms with Crippen LogP contribution in [-0.2, 0) is 10.0 Å². The van der Waals surface area contributed by atoms with Crippen molar-refractivity contribution in [3.8, 4) is 0 Å². The lowest BCUT2D eigenvalue weighted by molar-refractivity contribution is 0.566. The van der Waals surface area contributed by atoms with E-state index in [-0.39, 0.29) is 6.04 Å². The second kappa shape index (κ2) is 6.08. The Morgan fingerprint density at radius 1 is 1.10 bits per heavy atom. The van der Waals surface area contributed by atoms with Crippen molar-refractivity contribution in [1.29, 1.82) is 0 Å². The van der Waals surface area contributed by atoms with Gasteiger partial charge in [-0.1, -0.05) is 52.3 Å². The second-order valence-electron chi connectivity index (χ2n) is 4.66. The van der Waals surface area contributed by atoms with Gasteiger partial charge in [-0.15, -0.1) is 0 Å². The van der Waals surface area contributed by atoms with Gasteiger partial charge in [0.15, 0.2) is 0 Å². The van der Waals surface area contributed by atoms with E-state index in [1.54, 1.807) is 19.1 Å². The zero-order valence-electron chi connectivity index (χ0n) is 11.3. The molecule has 0 bridgehead atoms. The number of aryl methyl sites for hydroxylation is 1. The van der Waals surface area contributed by atoms with E-state index in [0.29, 0.717) is 4.90 Å². The van der Waals surface area contributed by atoms with Crippen molar-refractivity contribution < 1.29 is 8.42 Å². The average Bonchev–Trinajstić information content (AvgIpc) is 2.42. The molecule has 3 nitrogen and oxygen atoms in total. The molecule has 0 aliphatic carbocycles. The van der Waals surface area contributed by atoms with Crippen molar-refractivity contribution in [2.24, 2.45) is 0 Å². The molecular weight excluding hydrogens is 338 g/mol. The van der Waals surface area contributed by atoms with E-state index in [9.17, 15) is 8.42 Å². The first-order chi connectivity index (χ1) is 9.40. The molecular formula is C15H16BrNO2S. The minimum Gasteiger partial charge on any atom is -0.207 e. The first-order valence-corrected chi connectivity index (χ1v) is 8.51. The first-order valence-electron chi connectivity index (χ1n) is 6.23. The number of nitrogens with one attached hydrogen (secondary N) is 1. The van der Waals surface area contributed by atoms with Gasteiger partial charge in [-0.05, 0) is 37.1 Å². The summed E-state index contributed by atoms with van der Waals surface area (Å²) in [4.78, 5) is 0.301. The summed E-state index contributed by atoms with van der Waals surface area (Å²) in [5.74, 6) is 0. The SMILES string of the molecule is Cc1ccc(Br)cc1S(=O)(=O)N[C@@H](C)c1ccccc1. The smallest absolute Gasteiger partial charge is 0.207 e. The molecule has 1 N–H and O–H groups in total. The minimum absolute atomic E-state index is 0.278. The summed E-state index contributed by atoms with van der Waals surface area (Å²) in [7, 11) is -3.54. The van der Waals surface area contributed by atoms with Crippen LogP contribution < -0.4 is 4.72 Å². The Kier molecular flexibility index (Phi) is 4.62.